The summed E-state index contributed by atoms with van der Waals surface area (Å²) in [6.07, 6.45) is 5.09. The van der Waals surface area contributed by atoms with Gasteiger partial charge in [-0.3, -0.25) is 0 Å². The number of hydrogen-bond donors (Lipinski definition) is 1. The topological polar surface area (TPSA) is 21.3 Å². The van der Waals surface area contributed by atoms with E-state index in [0.717, 1.165) is 31.2 Å². The van der Waals surface area contributed by atoms with Crippen LogP contribution < -0.4 is 10.1 Å². The van der Waals surface area contributed by atoms with Crippen LogP contribution in [0.3, 0.4) is 0 Å². The Labute approximate surface area is 117 Å². The van der Waals surface area contributed by atoms with Crippen molar-refractivity contribution in [3.05, 3.63) is 29.8 Å². The zero-order valence-corrected chi connectivity index (χ0v) is 12.5. The minimum absolute atomic E-state index is 0.365. The van der Waals surface area contributed by atoms with Crippen molar-refractivity contribution < 1.29 is 4.74 Å². The summed E-state index contributed by atoms with van der Waals surface area (Å²) in [5.41, 5.74) is 1.71. The number of hydrogen-bond acceptors (Lipinski definition) is 2. The first-order valence-electron chi connectivity index (χ1n) is 7.52. The molecule has 0 bridgehead atoms. The van der Waals surface area contributed by atoms with Crippen LogP contribution in [0, 0.1) is 11.3 Å². The lowest BCUT2D eigenvalue weighted by molar-refractivity contribution is 0.253. The Bertz CT molecular complexity index is 400. The van der Waals surface area contributed by atoms with E-state index in [-0.39, 0.29) is 0 Å². The molecule has 106 valence electrons. The monoisotopic (exact) mass is 261 g/mol. The molecule has 0 heterocycles. The van der Waals surface area contributed by atoms with Gasteiger partial charge in [0.15, 0.2) is 0 Å². The highest BCUT2D eigenvalue weighted by atomic mass is 16.5. The van der Waals surface area contributed by atoms with Gasteiger partial charge in [-0.25, -0.2) is 0 Å². The zero-order valence-electron chi connectivity index (χ0n) is 12.5. The highest BCUT2D eigenvalue weighted by Gasteiger charge is 2.41. The first kappa shape index (κ1) is 14.4. The van der Waals surface area contributed by atoms with Crippen molar-refractivity contribution in [1.82, 2.24) is 5.32 Å². The van der Waals surface area contributed by atoms with E-state index in [2.05, 4.69) is 37.4 Å². The van der Waals surface area contributed by atoms with Crippen molar-refractivity contribution in [1.29, 1.82) is 0 Å². The van der Waals surface area contributed by atoms with Crippen LogP contribution in [0.2, 0.25) is 0 Å². The summed E-state index contributed by atoms with van der Waals surface area (Å²) < 4.78 is 5.50. The van der Waals surface area contributed by atoms with E-state index in [0.29, 0.717) is 5.41 Å². The van der Waals surface area contributed by atoms with Crippen LogP contribution in [-0.2, 0) is 6.42 Å². The quantitative estimate of drug-likeness (QED) is 0.721. The first-order valence-corrected chi connectivity index (χ1v) is 7.52. The number of benzene rings is 1. The summed E-state index contributed by atoms with van der Waals surface area (Å²) in [7, 11) is 1.77. The zero-order chi connectivity index (χ0) is 13.7. The van der Waals surface area contributed by atoms with E-state index in [1.54, 1.807) is 7.11 Å². The van der Waals surface area contributed by atoms with E-state index in [1.807, 2.05) is 6.07 Å². The predicted molar refractivity (Wildman–Crippen MR) is 80.7 cm³/mol. The second-order valence-electron chi connectivity index (χ2n) is 6.09. The molecule has 0 saturated heterocycles. The van der Waals surface area contributed by atoms with Crippen molar-refractivity contribution in [3.8, 4) is 5.75 Å². The van der Waals surface area contributed by atoms with Gasteiger partial charge in [-0.15, -0.1) is 0 Å². The normalized spacial score (nSPS) is 18.1. The molecule has 1 aromatic carbocycles. The van der Waals surface area contributed by atoms with E-state index in [4.69, 9.17) is 4.74 Å². The Morgan fingerprint density at radius 3 is 2.68 bits per heavy atom. The van der Waals surface area contributed by atoms with E-state index < -0.39 is 0 Å². The summed E-state index contributed by atoms with van der Waals surface area (Å²) in [5, 5.41) is 3.61. The van der Waals surface area contributed by atoms with Crippen LogP contribution in [0.25, 0.3) is 0 Å². The number of methoxy groups -OCH3 is 1. The molecule has 2 nitrogen and oxygen atoms in total. The van der Waals surface area contributed by atoms with E-state index in [9.17, 15) is 0 Å². The standard InChI is InChI=1S/C17H27NO/c1-4-11-18-13-17(2,15-9-10-15)12-14-7-5-6-8-16(14)19-3/h5-8,15,18H,4,9-13H2,1-3H3. The number of ether oxygens (including phenoxy) is 1. The Kier molecular flexibility index (Phi) is 4.87. The Balaban J connectivity index is 2.07. The van der Waals surface area contributed by atoms with Crippen LogP contribution in [0.1, 0.15) is 38.7 Å². The van der Waals surface area contributed by atoms with Crippen molar-refractivity contribution in [3.63, 3.8) is 0 Å². The molecule has 19 heavy (non-hydrogen) atoms. The molecule has 1 N–H and O–H groups in total. The van der Waals surface area contributed by atoms with Gasteiger partial charge in [-0.05, 0) is 55.2 Å². The fourth-order valence-corrected chi connectivity index (χ4v) is 2.97. The van der Waals surface area contributed by atoms with Crippen LogP contribution in [0.15, 0.2) is 24.3 Å². The van der Waals surface area contributed by atoms with Gasteiger partial charge in [0.2, 0.25) is 0 Å². The lowest BCUT2D eigenvalue weighted by Crippen LogP contribution is -2.36. The van der Waals surface area contributed by atoms with Crippen molar-refractivity contribution in [2.45, 2.75) is 39.5 Å². The first-order chi connectivity index (χ1) is 9.19. The third kappa shape index (κ3) is 3.73. The third-order valence-corrected chi connectivity index (χ3v) is 4.31. The predicted octanol–water partition coefficient (Wildman–Crippen LogP) is 3.65. The number of nitrogens with one attached hydrogen (secondary N) is 1. The third-order valence-electron chi connectivity index (χ3n) is 4.31. The summed E-state index contributed by atoms with van der Waals surface area (Å²) in [5.74, 6) is 1.91. The van der Waals surface area contributed by atoms with Gasteiger partial charge in [-0.1, -0.05) is 32.0 Å². The fourth-order valence-electron chi connectivity index (χ4n) is 2.97. The van der Waals surface area contributed by atoms with Crippen molar-refractivity contribution >= 4 is 0 Å². The molecule has 0 spiro atoms. The molecule has 1 atom stereocenters. The van der Waals surface area contributed by atoms with Gasteiger partial charge in [-0.2, -0.15) is 0 Å². The molecule has 0 amide bonds. The maximum Gasteiger partial charge on any atom is 0.122 e. The summed E-state index contributed by atoms with van der Waals surface area (Å²) in [4.78, 5) is 0. The fraction of sp³-hybridized carbons (Fsp3) is 0.647. The Hall–Kier alpha value is -1.02. The summed E-state index contributed by atoms with van der Waals surface area (Å²) in [6.45, 7) is 6.89. The SMILES string of the molecule is CCCNCC(C)(Cc1ccccc1OC)C1CC1. The molecular formula is C17H27NO. The molecule has 1 aliphatic rings. The minimum atomic E-state index is 0.365. The van der Waals surface area contributed by atoms with Gasteiger partial charge in [0.1, 0.15) is 5.75 Å². The van der Waals surface area contributed by atoms with Gasteiger partial charge in [0.05, 0.1) is 7.11 Å². The molecule has 1 aromatic rings. The van der Waals surface area contributed by atoms with Gasteiger partial charge in [0, 0.05) is 6.54 Å². The van der Waals surface area contributed by atoms with Crippen LogP contribution in [0.5, 0.6) is 5.75 Å². The smallest absolute Gasteiger partial charge is 0.122 e. The van der Waals surface area contributed by atoms with E-state index >= 15 is 0 Å². The molecule has 2 rings (SSSR count). The molecule has 1 aliphatic carbocycles. The Morgan fingerprint density at radius 1 is 1.32 bits per heavy atom. The van der Waals surface area contributed by atoms with Crippen LogP contribution in [-0.4, -0.2) is 20.2 Å². The van der Waals surface area contributed by atoms with Crippen molar-refractivity contribution in [2.75, 3.05) is 20.2 Å². The highest BCUT2D eigenvalue weighted by Crippen LogP contribution is 2.47. The molecule has 0 aromatic heterocycles. The summed E-state index contributed by atoms with van der Waals surface area (Å²) in [6, 6.07) is 8.44. The number of para-hydroxylation sites is 1. The second-order valence-corrected chi connectivity index (χ2v) is 6.09. The van der Waals surface area contributed by atoms with Gasteiger partial charge < -0.3 is 10.1 Å². The molecule has 1 fully saturated rings. The highest BCUT2D eigenvalue weighted by molar-refractivity contribution is 5.34. The molecule has 1 saturated carbocycles. The minimum Gasteiger partial charge on any atom is -0.496 e. The molecule has 2 heteroatoms. The summed E-state index contributed by atoms with van der Waals surface area (Å²) >= 11 is 0. The van der Waals surface area contributed by atoms with Gasteiger partial charge in [0.25, 0.3) is 0 Å². The molecular weight excluding hydrogens is 234 g/mol. The Morgan fingerprint density at radius 2 is 2.05 bits per heavy atom. The average Bonchev–Trinajstić information content (AvgIpc) is 3.24. The average molecular weight is 261 g/mol. The second kappa shape index (κ2) is 6.42. The number of rotatable bonds is 8. The molecule has 0 aliphatic heterocycles. The maximum atomic E-state index is 5.50. The lowest BCUT2D eigenvalue weighted by atomic mass is 9.78. The van der Waals surface area contributed by atoms with Crippen molar-refractivity contribution in [2.24, 2.45) is 11.3 Å². The van der Waals surface area contributed by atoms with Gasteiger partial charge >= 0.3 is 0 Å². The molecule has 0 radical (unpaired) electrons. The van der Waals surface area contributed by atoms with E-state index in [1.165, 1.54) is 24.8 Å². The van der Waals surface area contributed by atoms with Crippen LogP contribution >= 0.6 is 0 Å². The molecule has 1 unspecified atom stereocenters. The lowest BCUT2D eigenvalue weighted by Gasteiger charge is -2.31. The maximum absolute atomic E-state index is 5.50. The van der Waals surface area contributed by atoms with Crippen LogP contribution in [0.4, 0.5) is 0 Å². The largest absolute Gasteiger partial charge is 0.496 e.